The summed E-state index contributed by atoms with van der Waals surface area (Å²) in [6.07, 6.45) is -2.56. The Kier molecular flexibility index (Phi) is 3.37. The normalized spacial score (nSPS) is 16.9. The van der Waals surface area contributed by atoms with E-state index in [0.717, 1.165) is 0 Å². The Hall–Kier alpha value is -0.450. The van der Waals surface area contributed by atoms with Crippen molar-refractivity contribution in [2.75, 3.05) is 6.61 Å². The molecule has 4 nitrogen and oxygen atoms in total. The highest BCUT2D eigenvalue weighted by Gasteiger charge is 2.18. The Morgan fingerprint density at radius 2 is 2.00 bits per heavy atom. The Labute approximate surface area is 52.7 Å². The third kappa shape index (κ3) is 2.55. The lowest BCUT2D eigenvalue weighted by molar-refractivity contribution is -0.134. The molecule has 9 heavy (non-hydrogen) atoms. The van der Waals surface area contributed by atoms with Gasteiger partial charge in [-0.2, -0.15) is 0 Å². The van der Waals surface area contributed by atoms with Gasteiger partial charge in [0.15, 0.2) is 5.78 Å². The van der Waals surface area contributed by atoms with E-state index in [1.165, 1.54) is 6.92 Å². The van der Waals surface area contributed by atoms with Gasteiger partial charge in [0, 0.05) is 0 Å². The largest absolute Gasteiger partial charge is 0.390 e. The molecule has 0 spiro atoms. The monoisotopic (exact) mass is 134 g/mol. The van der Waals surface area contributed by atoms with Crippen LogP contribution >= 0.6 is 0 Å². The lowest BCUT2D eigenvalue weighted by atomic mass is 10.1. The highest BCUT2D eigenvalue weighted by atomic mass is 16.3. The number of Topliss-reactive ketones (excluding diaryl/α,β-unsaturated/α-hetero) is 1. The van der Waals surface area contributed by atoms with E-state index in [2.05, 4.69) is 0 Å². The standard InChI is InChI=1S/C5H10O4/c1-3(7)5(9)4(8)2-6/h3,5-7,9H,2H2,1H3/t3-,5-/m0/s1. The topological polar surface area (TPSA) is 77.8 Å². The number of carbonyl (C=O) groups is 1. The lowest BCUT2D eigenvalue weighted by Gasteiger charge is -2.09. The summed E-state index contributed by atoms with van der Waals surface area (Å²) in [6, 6.07) is 0. The summed E-state index contributed by atoms with van der Waals surface area (Å²) in [7, 11) is 0. The minimum Gasteiger partial charge on any atom is -0.390 e. The molecule has 0 unspecified atom stereocenters. The maximum Gasteiger partial charge on any atom is 0.189 e. The average molecular weight is 134 g/mol. The van der Waals surface area contributed by atoms with Crippen molar-refractivity contribution in [2.45, 2.75) is 19.1 Å². The van der Waals surface area contributed by atoms with Crippen LogP contribution in [0.2, 0.25) is 0 Å². The first-order valence-corrected chi connectivity index (χ1v) is 2.59. The zero-order valence-corrected chi connectivity index (χ0v) is 5.11. The first-order chi connectivity index (χ1) is 4.09. The van der Waals surface area contributed by atoms with E-state index in [1.54, 1.807) is 0 Å². The van der Waals surface area contributed by atoms with E-state index in [0.29, 0.717) is 0 Å². The third-order valence-electron chi connectivity index (χ3n) is 0.943. The summed E-state index contributed by atoms with van der Waals surface area (Å²) >= 11 is 0. The molecule has 54 valence electrons. The summed E-state index contributed by atoms with van der Waals surface area (Å²) in [5.74, 6) is -0.759. The average Bonchev–Trinajstić information content (AvgIpc) is 1.84. The Bertz CT molecular complexity index is 99.1. The fourth-order valence-corrected chi connectivity index (χ4v) is 0.363. The third-order valence-corrected chi connectivity index (χ3v) is 0.943. The van der Waals surface area contributed by atoms with Crippen LogP contribution in [0.15, 0.2) is 0 Å². The number of rotatable bonds is 3. The molecule has 0 rings (SSSR count). The molecule has 0 aromatic heterocycles. The maximum absolute atomic E-state index is 10.3. The second-order valence-electron chi connectivity index (χ2n) is 1.81. The predicted octanol–water partition coefficient (Wildman–Crippen LogP) is -1.71. The molecule has 0 heterocycles. The Morgan fingerprint density at radius 3 is 2.11 bits per heavy atom. The fraction of sp³-hybridized carbons (Fsp3) is 0.800. The van der Waals surface area contributed by atoms with E-state index in [1.807, 2.05) is 0 Å². The number of aliphatic hydroxyl groups excluding tert-OH is 3. The zero-order chi connectivity index (χ0) is 7.44. The zero-order valence-electron chi connectivity index (χ0n) is 5.11. The van der Waals surface area contributed by atoms with Crippen LogP contribution in [-0.4, -0.2) is 39.9 Å². The van der Waals surface area contributed by atoms with Crippen molar-refractivity contribution in [1.82, 2.24) is 0 Å². The molecule has 0 amide bonds. The van der Waals surface area contributed by atoms with Crippen LogP contribution in [0.25, 0.3) is 0 Å². The summed E-state index contributed by atoms with van der Waals surface area (Å²) < 4.78 is 0. The van der Waals surface area contributed by atoms with E-state index in [9.17, 15) is 4.79 Å². The molecule has 0 bridgehead atoms. The van der Waals surface area contributed by atoms with Gasteiger partial charge in [-0.1, -0.05) is 0 Å². The van der Waals surface area contributed by atoms with E-state index in [-0.39, 0.29) is 0 Å². The molecule has 2 atom stereocenters. The van der Waals surface area contributed by atoms with Crippen LogP contribution < -0.4 is 0 Å². The van der Waals surface area contributed by atoms with Crippen LogP contribution in [0.3, 0.4) is 0 Å². The SMILES string of the molecule is C[C@H](O)[C@H](O)C(=O)CO. The van der Waals surface area contributed by atoms with E-state index < -0.39 is 24.6 Å². The molecule has 4 heteroatoms. The predicted molar refractivity (Wildman–Crippen MR) is 29.8 cm³/mol. The summed E-state index contributed by atoms with van der Waals surface area (Å²) in [5, 5.41) is 25.3. The van der Waals surface area contributed by atoms with Crippen LogP contribution in [0, 0.1) is 0 Å². The molecular weight excluding hydrogens is 124 g/mol. The molecule has 0 fully saturated rings. The Morgan fingerprint density at radius 1 is 1.56 bits per heavy atom. The van der Waals surface area contributed by atoms with Gasteiger partial charge >= 0.3 is 0 Å². The smallest absolute Gasteiger partial charge is 0.189 e. The highest BCUT2D eigenvalue weighted by Crippen LogP contribution is 1.91. The minimum atomic E-state index is -1.45. The molecule has 0 saturated heterocycles. The van der Waals surface area contributed by atoms with Gasteiger partial charge in [-0.15, -0.1) is 0 Å². The molecular formula is C5H10O4. The maximum atomic E-state index is 10.3. The minimum absolute atomic E-state index is 0.730. The molecule has 0 aromatic carbocycles. The van der Waals surface area contributed by atoms with Gasteiger partial charge in [-0.05, 0) is 6.92 Å². The fourth-order valence-electron chi connectivity index (χ4n) is 0.363. The molecule has 0 aromatic rings. The molecule has 0 aliphatic heterocycles. The molecule has 0 saturated carbocycles. The van der Waals surface area contributed by atoms with Crippen LogP contribution in [0.4, 0.5) is 0 Å². The summed E-state index contributed by atoms with van der Waals surface area (Å²) in [4.78, 5) is 10.3. The van der Waals surface area contributed by atoms with Crippen LogP contribution in [0.5, 0.6) is 0 Å². The van der Waals surface area contributed by atoms with E-state index >= 15 is 0 Å². The van der Waals surface area contributed by atoms with Crippen molar-refractivity contribution in [3.05, 3.63) is 0 Å². The van der Waals surface area contributed by atoms with E-state index in [4.69, 9.17) is 15.3 Å². The van der Waals surface area contributed by atoms with Crippen molar-refractivity contribution in [2.24, 2.45) is 0 Å². The molecule has 0 radical (unpaired) electrons. The molecule has 0 aliphatic carbocycles. The van der Waals surface area contributed by atoms with Crippen molar-refractivity contribution < 1.29 is 20.1 Å². The number of ketones is 1. The van der Waals surface area contributed by atoms with Crippen LogP contribution in [0.1, 0.15) is 6.92 Å². The van der Waals surface area contributed by atoms with Crippen molar-refractivity contribution >= 4 is 5.78 Å². The van der Waals surface area contributed by atoms with Gasteiger partial charge in [-0.25, -0.2) is 0 Å². The second kappa shape index (κ2) is 3.55. The lowest BCUT2D eigenvalue weighted by Crippen LogP contribution is -2.33. The van der Waals surface area contributed by atoms with Gasteiger partial charge in [0.1, 0.15) is 12.7 Å². The van der Waals surface area contributed by atoms with Crippen molar-refractivity contribution in [3.63, 3.8) is 0 Å². The summed E-state index contributed by atoms with van der Waals surface area (Å²) in [5.41, 5.74) is 0. The first kappa shape index (κ1) is 8.55. The van der Waals surface area contributed by atoms with Crippen molar-refractivity contribution in [3.8, 4) is 0 Å². The van der Waals surface area contributed by atoms with Gasteiger partial charge in [0.25, 0.3) is 0 Å². The number of hydrogen-bond acceptors (Lipinski definition) is 4. The number of aliphatic hydroxyl groups is 3. The summed E-state index contributed by atoms with van der Waals surface area (Å²) in [6.45, 7) is 0.546. The van der Waals surface area contributed by atoms with Gasteiger partial charge in [0.05, 0.1) is 6.10 Å². The molecule has 0 aliphatic rings. The molecule has 3 N–H and O–H groups in total. The van der Waals surface area contributed by atoms with Gasteiger partial charge < -0.3 is 15.3 Å². The van der Waals surface area contributed by atoms with Crippen molar-refractivity contribution in [1.29, 1.82) is 0 Å². The quantitative estimate of drug-likeness (QED) is 0.429. The van der Waals surface area contributed by atoms with Gasteiger partial charge in [0.2, 0.25) is 0 Å². The first-order valence-electron chi connectivity index (χ1n) is 2.59. The van der Waals surface area contributed by atoms with Gasteiger partial charge in [-0.3, -0.25) is 4.79 Å². The second-order valence-corrected chi connectivity index (χ2v) is 1.81. The highest BCUT2D eigenvalue weighted by molar-refractivity contribution is 5.84. The Balaban J connectivity index is 3.72. The number of hydrogen-bond donors (Lipinski definition) is 3. The van der Waals surface area contributed by atoms with Crippen LogP contribution in [-0.2, 0) is 4.79 Å². The number of carbonyl (C=O) groups excluding carboxylic acids is 1.